The van der Waals surface area contributed by atoms with Crippen molar-refractivity contribution in [2.24, 2.45) is 0 Å². The SMILES string of the molecule is COc1ccc(-c2nn3ccc(NC4CCCC4)c(Br)c3c2-c2ccnc(NC3CCCC3)n2)cc1. The van der Waals surface area contributed by atoms with Crippen LogP contribution in [0.1, 0.15) is 51.4 Å². The van der Waals surface area contributed by atoms with Gasteiger partial charge in [-0.2, -0.15) is 5.10 Å². The molecule has 2 saturated carbocycles. The van der Waals surface area contributed by atoms with Crippen molar-refractivity contribution in [2.45, 2.75) is 63.5 Å². The first-order valence-corrected chi connectivity index (χ1v) is 13.7. The first-order chi connectivity index (χ1) is 17.7. The molecule has 2 aliphatic carbocycles. The molecule has 2 aliphatic rings. The number of anilines is 2. The molecule has 186 valence electrons. The van der Waals surface area contributed by atoms with E-state index in [-0.39, 0.29) is 0 Å². The molecule has 0 unspecified atom stereocenters. The average Bonchev–Trinajstić information content (AvgIpc) is 3.68. The summed E-state index contributed by atoms with van der Waals surface area (Å²) < 4.78 is 8.34. The fraction of sp³-hybridized carbons (Fsp3) is 0.393. The highest BCUT2D eigenvalue weighted by Crippen LogP contribution is 2.41. The average molecular weight is 548 g/mol. The van der Waals surface area contributed by atoms with Crippen molar-refractivity contribution in [1.82, 2.24) is 19.6 Å². The highest BCUT2D eigenvalue weighted by molar-refractivity contribution is 9.10. The predicted octanol–water partition coefficient (Wildman–Crippen LogP) is 6.94. The largest absolute Gasteiger partial charge is 0.497 e. The van der Waals surface area contributed by atoms with Gasteiger partial charge in [-0.15, -0.1) is 0 Å². The second-order valence-electron chi connectivity index (χ2n) is 9.81. The van der Waals surface area contributed by atoms with Crippen molar-refractivity contribution in [1.29, 1.82) is 0 Å². The van der Waals surface area contributed by atoms with Crippen molar-refractivity contribution in [2.75, 3.05) is 17.7 Å². The summed E-state index contributed by atoms with van der Waals surface area (Å²) in [7, 11) is 1.68. The highest BCUT2D eigenvalue weighted by Gasteiger charge is 2.24. The van der Waals surface area contributed by atoms with E-state index in [2.05, 4.69) is 49.7 Å². The van der Waals surface area contributed by atoms with Crippen LogP contribution in [0.15, 0.2) is 53.3 Å². The molecule has 7 nitrogen and oxygen atoms in total. The van der Waals surface area contributed by atoms with Crippen LogP contribution in [-0.2, 0) is 0 Å². The lowest BCUT2D eigenvalue weighted by molar-refractivity contribution is 0.415. The second kappa shape index (κ2) is 10.1. The third-order valence-corrected chi connectivity index (χ3v) is 8.22. The molecule has 3 heterocycles. The Kier molecular flexibility index (Phi) is 6.52. The minimum Gasteiger partial charge on any atom is -0.497 e. The monoisotopic (exact) mass is 546 g/mol. The Bertz CT molecular complexity index is 1360. The zero-order valence-corrected chi connectivity index (χ0v) is 22.1. The van der Waals surface area contributed by atoms with Crippen molar-refractivity contribution in [3.8, 4) is 28.3 Å². The zero-order valence-electron chi connectivity index (χ0n) is 20.5. The van der Waals surface area contributed by atoms with Crippen molar-refractivity contribution in [3.63, 3.8) is 0 Å². The molecule has 8 heteroatoms. The summed E-state index contributed by atoms with van der Waals surface area (Å²) in [6, 6.07) is 13.1. The number of nitrogens with zero attached hydrogens (tertiary/aromatic N) is 4. The Hall–Kier alpha value is -3.13. The summed E-state index contributed by atoms with van der Waals surface area (Å²) >= 11 is 3.93. The first-order valence-electron chi connectivity index (χ1n) is 12.9. The summed E-state index contributed by atoms with van der Waals surface area (Å²) in [5.74, 6) is 1.49. The van der Waals surface area contributed by atoms with E-state index < -0.39 is 0 Å². The number of ether oxygens (including phenoxy) is 1. The van der Waals surface area contributed by atoms with Crippen LogP contribution in [0.5, 0.6) is 5.75 Å². The van der Waals surface area contributed by atoms with Gasteiger partial charge < -0.3 is 15.4 Å². The summed E-state index contributed by atoms with van der Waals surface area (Å²) in [6.07, 6.45) is 13.7. The number of hydrogen-bond acceptors (Lipinski definition) is 6. The third kappa shape index (κ3) is 4.54. The number of fused-ring (bicyclic) bond motifs is 1. The Labute approximate surface area is 219 Å². The molecule has 0 spiro atoms. The number of halogens is 1. The molecule has 0 amide bonds. The number of aromatic nitrogens is 4. The minimum absolute atomic E-state index is 0.444. The van der Waals surface area contributed by atoms with E-state index in [1.165, 1.54) is 51.4 Å². The molecular weight excluding hydrogens is 516 g/mol. The molecule has 0 radical (unpaired) electrons. The van der Waals surface area contributed by atoms with E-state index in [4.69, 9.17) is 14.8 Å². The topological polar surface area (TPSA) is 76.4 Å². The maximum absolute atomic E-state index is 5.39. The van der Waals surface area contributed by atoms with Crippen LogP contribution < -0.4 is 15.4 Å². The molecule has 0 bridgehead atoms. The van der Waals surface area contributed by atoms with E-state index in [0.717, 1.165) is 43.9 Å². The molecule has 1 aromatic carbocycles. The van der Waals surface area contributed by atoms with Gasteiger partial charge in [-0.3, -0.25) is 0 Å². The van der Waals surface area contributed by atoms with Crippen LogP contribution in [-0.4, -0.2) is 38.8 Å². The number of rotatable bonds is 7. The number of benzene rings is 1. The maximum Gasteiger partial charge on any atom is 0.223 e. The predicted molar refractivity (Wildman–Crippen MR) is 148 cm³/mol. The van der Waals surface area contributed by atoms with Crippen molar-refractivity contribution in [3.05, 3.63) is 53.3 Å². The summed E-state index contributed by atoms with van der Waals surface area (Å²) in [6.45, 7) is 0. The molecule has 2 N–H and O–H groups in total. The first kappa shape index (κ1) is 23.3. The van der Waals surface area contributed by atoms with Crippen molar-refractivity contribution < 1.29 is 4.74 Å². The van der Waals surface area contributed by atoms with Crippen LogP contribution in [0, 0.1) is 0 Å². The molecule has 2 fully saturated rings. The molecule has 4 aromatic rings. The quantitative estimate of drug-likeness (QED) is 0.261. The lowest BCUT2D eigenvalue weighted by Crippen LogP contribution is -2.16. The van der Waals surface area contributed by atoms with Crippen molar-refractivity contribution >= 4 is 33.1 Å². The van der Waals surface area contributed by atoms with E-state index in [1.807, 2.05) is 35.1 Å². The lowest BCUT2D eigenvalue weighted by Gasteiger charge is -2.16. The van der Waals surface area contributed by atoms with Gasteiger partial charge in [0.25, 0.3) is 0 Å². The molecule has 0 saturated heterocycles. The Morgan fingerprint density at radius 2 is 1.61 bits per heavy atom. The van der Waals surface area contributed by atoms with Crippen LogP contribution in [0.3, 0.4) is 0 Å². The Balaban J connectivity index is 1.48. The molecule has 3 aromatic heterocycles. The van der Waals surface area contributed by atoms with Gasteiger partial charge in [0.05, 0.1) is 34.0 Å². The molecule has 0 aliphatic heterocycles. The van der Waals surface area contributed by atoms with Crippen LogP contribution >= 0.6 is 15.9 Å². The van der Waals surface area contributed by atoms with Gasteiger partial charge in [0.15, 0.2) is 0 Å². The Morgan fingerprint density at radius 1 is 0.917 bits per heavy atom. The fourth-order valence-electron chi connectivity index (χ4n) is 5.51. The lowest BCUT2D eigenvalue weighted by atomic mass is 10.0. The van der Waals surface area contributed by atoms with Gasteiger partial charge in [0, 0.05) is 30.0 Å². The third-order valence-electron chi connectivity index (χ3n) is 7.42. The normalized spacial score (nSPS) is 16.6. The van der Waals surface area contributed by atoms with Crippen LogP contribution in [0.25, 0.3) is 28.0 Å². The van der Waals surface area contributed by atoms with Crippen LogP contribution in [0.2, 0.25) is 0 Å². The van der Waals surface area contributed by atoms with E-state index in [9.17, 15) is 0 Å². The number of methoxy groups -OCH3 is 1. The van der Waals surface area contributed by atoms with Gasteiger partial charge in [0.1, 0.15) is 11.4 Å². The maximum atomic E-state index is 5.39. The number of nitrogens with one attached hydrogen (secondary N) is 2. The van der Waals surface area contributed by atoms with E-state index >= 15 is 0 Å². The molecule has 36 heavy (non-hydrogen) atoms. The smallest absolute Gasteiger partial charge is 0.223 e. The molecule has 0 atom stereocenters. The van der Waals surface area contributed by atoms with Gasteiger partial charge >= 0.3 is 0 Å². The minimum atomic E-state index is 0.444. The fourth-order valence-corrected chi connectivity index (χ4v) is 6.14. The Morgan fingerprint density at radius 3 is 2.31 bits per heavy atom. The van der Waals surface area contributed by atoms with Gasteiger partial charge in [-0.05, 0) is 78.0 Å². The highest BCUT2D eigenvalue weighted by atomic mass is 79.9. The zero-order chi connectivity index (χ0) is 24.5. The summed E-state index contributed by atoms with van der Waals surface area (Å²) in [4.78, 5) is 9.52. The number of pyridine rings is 1. The standard InChI is InChI=1S/C28H31BrN6O/c1-36-21-12-10-18(11-13-21)26-24(22-14-16-30-28(33-22)32-20-8-4-5-9-20)27-25(29)23(15-17-35(27)34-26)31-19-6-2-3-7-19/h10-17,19-20,31H,2-9H2,1H3,(H,30,32,33). The van der Waals surface area contributed by atoms with Gasteiger partial charge in [-0.25, -0.2) is 14.5 Å². The van der Waals surface area contributed by atoms with Crippen LogP contribution in [0.4, 0.5) is 11.6 Å². The molecular formula is C28H31BrN6O. The van der Waals surface area contributed by atoms with E-state index in [0.29, 0.717) is 18.0 Å². The molecule has 6 rings (SSSR count). The number of hydrogen-bond donors (Lipinski definition) is 2. The summed E-state index contributed by atoms with van der Waals surface area (Å²) in [5.41, 5.74) is 5.81. The van der Waals surface area contributed by atoms with E-state index in [1.54, 1.807) is 7.11 Å². The van der Waals surface area contributed by atoms with Gasteiger partial charge in [-0.1, -0.05) is 25.7 Å². The second-order valence-corrected chi connectivity index (χ2v) is 10.6. The summed E-state index contributed by atoms with van der Waals surface area (Å²) in [5, 5.41) is 12.3. The van der Waals surface area contributed by atoms with Gasteiger partial charge in [0.2, 0.25) is 5.95 Å².